The number of hydrogen-bond donors (Lipinski definition) is 2. The lowest BCUT2D eigenvalue weighted by Crippen LogP contribution is -2.23. The molecule has 0 aliphatic carbocycles. The second-order valence-corrected chi connectivity index (χ2v) is 7.09. The molecule has 0 bridgehead atoms. The standard InChI is InChI=1S/C11H15N5O2S2/c1-16(2)20(17,18)9-10(12)15-19-11(9)14-7-8-4-3-5-13-6-8/h3-6,14H,7H2,1-2H3,(H2,12,15). The van der Waals surface area contributed by atoms with E-state index < -0.39 is 10.0 Å². The molecule has 0 amide bonds. The number of nitrogens with two attached hydrogens (primary N) is 1. The Morgan fingerprint density at radius 2 is 2.20 bits per heavy atom. The number of rotatable bonds is 5. The van der Waals surface area contributed by atoms with Crippen LogP contribution in [0.5, 0.6) is 0 Å². The fourth-order valence-electron chi connectivity index (χ4n) is 1.52. The van der Waals surface area contributed by atoms with E-state index in [0.717, 1.165) is 21.4 Å². The number of nitrogens with one attached hydrogen (secondary N) is 1. The van der Waals surface area contributed by atoms with Crippen molar-refractivity contribution >= 4 is 32.4 Å². The number of aromatic nitrogens is 2. The van der Waals surface area contributed by atoms with Crippen LogP contribution in [0.3, 0.4) is 0 Å². The molecule has 0 aromatic carbocycles. The van der Waals surface area contributed by atoms with E-state index in [-0.39, 0.29) is 10.7 Å². The summed E-state index contributed by atoms with van der Waals surface area (Å²) in [7, 11) is -0.710. The fraction of sp³-hybridized carbons (Fsp3) is 0.273. The monoisotopic (exact) mass is 313 g/mol. The molecule has 0 saturated heterocycles. The highest BCUT2D eigenvalue weighted by atomic mass is 32.2. The van der Waals surface area contributed by atoms with Crippen LogP contribution in [0.4, 0.5) is 10.8 Å². The molecular weight excluding hydrogens is 298 g/mol. The lowest BCUT2D eigenvalue weighted by molar-refractivity contribution is 0.521. The number of pyridine rings is 1. The third-order valence-electron chi connectivity index (χ3n) is 2.59. The molecule has 3 N–H and O–H groups in total. The summed E-state index contributed by atoms with van der Waals surface area (Å²) in [5, 5.41) is 3.47. The third-order valence-corrected chi connectivity index (χ3v) is 5.43. The van der Waals surface area contributed by atoms with Gasteiger partial charge in [0.1, 0.15) is 5.00 Å². The number of sulfonamides is 1. The van der Waals surface area contributed by atoms with Crippen molar-refractivity contribution in [1.29, 1.82) is 0 Å². The zero-order chi connectivity index (χ0) is 14.8. The van der Waals surface area contributed by atoms with Gasteiger partial charge in [-0.15, -0.1) is 0 Å². The summed E-state index contributed by atoms with van der Waals surface area (Å²) >= 11 is 1.03. The average molecular weight is 313 g/mol. The Bertz CT molecular complexity index is 682. The summed E-state index contributed by atoms with van der Waals surface area (Å²) in [4.78, 5) is 4.02. The Balaban J connectivity index is 2.26. The predicted octanol–water partition coefficient (Wildman–Crippen LogP) is 0.983. The zero-order valence-corrected chi connectivity index (χ0v) is 12.7. The number of nitrogens with zero attached hydrogens (tertiary/aromatic N) is 3. The minimum atomic E-state index is -3.62. The van der Waals surface area contributed by atoms with E-state index in [2.05, 4.69) is 14.7 Å². The maximum absolute atomic E-state index is 12.2. The quantitative estimate of drug-likeness (QED) is 0.853. The van der Waals surface area contributed by atoms with Gasteiger partial charge in [0.25, 0.3) is 0 Å². The van der Waals surface area contributed by atoms with E-state index in [1.54, 1.807) is 12.4 Å². The summed E-state index contributed by atoms with van der Waals surface area (Å²) in [5.41, 5.74) is 6.61. The Labute approximate surface area is 121 Å². The van der Waals surface area contributed by atoms with Crippen molar-refractivity contribution in [3.8, 4) is 0 Å². The molecule has 0 aliphatic heterocycles. The second kappa shape index (κ2) is 5.73. The molecule has 2 rings (SSSR count). The van der Waals surface area contributed by atoms with Crippen molar-refractivity contribution < 1.29 is 8.42 Å². The van der Waals surface area contributed by atoms with Gasteiger partial charge in [0.15, 0.2) is 10.7 Å². The molecule has 20 heavy (non-hydrogen) atoms. The minimum Gasteiger partial charge on any atom is -0.382 e. The van der Waals surface area contributed by atoms with Crippen LogP contribution in [0, 0.1) is 0 Å². The van der Waals surface area contributed by atoms with Crippen LogP contribution in [0.2, 0.25) is 0 Å². The minimum absolute atomic E-state index is 0.0115. The normalized spacial score (nSPS) is 11.8. The van der Waals surface area contributed by atoms with Crippen LogP contribution in [-0.2, 0) is 16.6 Å². The molecule has 0 fully saturated rings. The molecule has 0 spiro atoms. The fourth-order valence-corrected chi connectivity index (χ4v) is 3.60. The van der Waals surface area contributed by atoms with Crippen molar-refractivity contribution in [1.82, 2.24) is 13.7 Å². The van der Waals surface area contributed by atoms with E-state index >= 15 is 0 Å². The SMILES string of the molecule is CN(C)S(=O)(=O)c1c(N)nsc1NCc1cccnc1. The predicted molar refractivity (Wildman–Crippen MR) is 79.0 cm³/mol. The van der Waals surface area contributed by atoms with Gasteiger partial charge in [-0.25, -0.2) is 12.7 Å². The van der Waals surface area contributed by atoms with Gasteiger partial charge in [-0.05, 0) is 23.2 Å². The molecule has 0 atom stereocenters. The van der Waals surface area contributed by atoms with Crippen LogP contribution in [0.25, 0.3) is 0 Å². The van der Waals surface area contributed by atoms with Crippen LogP contribution >= 0.6 is 11.5 Å². The molecule has 108 valence electrons. The molecule has 7 nitrogen and oxygen atoms in total. The Morgan fingerprint density at radius 1 is 1.45 bits per heavy atom. The largest absolute Gasteiger partial charge is 0.382 e. The Kier molecular flexibility index (Phi) is 4.21. The Morgan fingerprint density at radius 3 is 2.80 bits per heavy atom. The van der Waals surface area contributed by atoms with Gasteiger partial charge in [0.2, 0.25) is 10.0 Å². The van der Waals surface area contributed by atoms with Crippen LogP contribution in [0.1, 0.15) is 5.56 Å². The number of hydrogen-bond acceptors (Lipinski definition) is 7. The lowest BCUT2D eigenvalue weighted by Gasteiger charge is -2.12. The molecule has 0 aliphatic rings. The summed E-state index contributed by atoms with van der Waals surface area (Å²) in [6.45, 7) is 0.450. The van der Waals surface area contributed by atoms with Crippen molar-refractivity contribution in [3.05, 3.63) is 30.1 Å². The van der Waals surface area contributed by atoms with Crippen molar-refractivity contribution in [2.75, 3.05) is 25.1 Å². The van der Waals surface area contributed by atoms with Crippen molar-refractivity contribution in [2.24, 2.45) is 0 Å². The summed E-state index contributed by atoms with van der Waals surface area (Å²) in [5.74, 6) is 0.0115. The molecular formula is C11H15N5O2S2. The number of nitrogen functional groups attached to an aromatic ring is 1. The van der Waals surface area contributed by atoms with Crippen molar-refractivity contribution in [2.45, 2.75) is 11.4 Å². The van der Waals surface area contributed by atoms with E-state index in [4.69, 9.17) is 5.73 Å². The molecule has 2 aromatic heterocycles. The molecule has 0 unspecified atom stereocenters. The highest BCUT2D eigenvalue weighted by molar-refractivity contribution is 7.89. The first kappa shape index (κ1) is 14.7. The van der Waals surface area contributed by atoms with E-state index in [1.807, 2.05) is 12.1 Å². The molecule has 9 heteroatoms. The zero-order valence-electron chi connectivity index (χ0n) is 11.1. The van der Waals surface area contributed by atoms with Gasteiger partial charge in [-0.1, -0.05) is 6.07 Å². The summed E-state index contributed by atoms with van der Waals surface area (Å²) < 4.78 is 29.4. The van der Waals surface area contributed by atoms with Gasteiger partial charge >= 0.3 is 0 Å². The molecule has 2 heterocycles. The maximum atomic E-state index is 12.2. The first-order valence-electron chi connectivity index (χ1n) is 5.73. The van der Waals surface area contributed by atoms with Crippen LogP contribution in [-0.4, -0.2) is 36.2 Å². The molecule has 0 radical (unpaired) electrons. The van der Waals surface area contributed by atoms with E-state index in [9.17, 15) is 8.42 Å². The van der Waals surface area contributed by atoms with Crippen LogP contribution in [0.15, 0.2) is 29.4 Å². The average Bonchev–Trinajstić information content (AvgIpc) is 2.79. The molecule has 2 aromatic rings. The highest BCUT2D eigenvalue weighted by Crippen LogP contribution is 2.33. The molecule has 0 saturated carbocycles. The van der Waals surface area contributed by atoms with Gasteiger partial charge < -0.3 is 11.1 Å². The summed E-state index contributed by atoms with van der Waals surface area (Å²) in [6, 6.07) is 3.71. The van der Waals surface area contributed by atoms with Gasteiger partial charge in [0.05, 0.1) is 0 Å². The first-order chi connectivity index (χ1) is 9.43. The van der Waals surface area contributed by atoms with Gasteiger partial charge in [0, 0.05) is 33.0 Å². The van der Waals surface area contributed by atoms with Crippen LogP contribution < -0.4 is 11.1 Å². The van der Waals surface area contributed by atoms with Crippen molar-refractivity contribution in [3.63, 3.8) is 0 Å². The lowest BCUT2D eigenvalue weighted by atomic mass is 10.3. The highest BCUT2D eigenvalue weighted by Gasteiger charge is 2.27. The van der Waals surface area contributed by atoms with E-state index in [0.29, 0.717) is 11.5 Å². The second-order valence-electron chi connectivity index (χ2n) is 4.23. The van der Waals surface area contributed by atoms with E-state index in [1.165, 1.54) is 14.1 Å². The van der Waals surface area contributed by atoms with Gasteiger partial charge in [-0.2, -0.15) is 4.37 Å². The smallest absolute Gasteiger partial charge is 0.249 e. The third kappa shape index (κ3) is 2.89. The number of anilines is 2. The maximum Gasteiger partial charge on any atom is 0.249 e. The van der Waals surface area contributed by atoms with Gasteiger partial charge in [-0.3, -0.25) is 4.98 Å². The summed E-state index contributed by atoms with van der Waals surface area (Å²) in [6.07, 6.45) is 3.38. The Hall–Kier alpha value is -1.71. The topological polar surface area (TPSA) is 101 Å². The first-order valence-corrected chi connectivity index (χ1v) is 7.94.